The van der Waals surface area contributed by atoms with Crippen molar-refractivity contribution in [2.45, 2.75) is 57.2 Å². The van der Waals surface area contributed by atoms with Crippen LogP contribution < -0.4 is 5.32 Å². The molecule has 1 aliphatic carbocycles. The van der Waals surface area contributed by atoms with Gasteiger partial charge in [0.05, 0.1) is 0 Å². The summed E-state index contributed by atoms with van der Waals surface area (Å²) in [7, 11) is 0. The molecule has 0 heterocycles. The first-order chi connectivity index (χ1) is 7.59. The molecule has 1 aliphatic rings. The molecule has 0 bridgehead atoms. The molecule has 0 spiro atoms. The van der Waals surface area contributed by atoms with E-state index in [-0.39, 0.29) is 5.91 Å². The van der Waals surface area contributed by atoms with Crippen molar-refractivity contribution < 1.29 is 4.79 Å². The van der Waals surface area contributed by atoms with Crippen LogP contribution in [0, 0.1) is 11.8 Å². The van der Waals surface area contributed by atoms with E-state index < -0.39 is 0 Å². The molecular formula is C13H24BrNO. The van der Waals surface area contributed by atoms with E-state index in [9.17, 15) is 4.79 Å². The maximum absolute atomic E-state index is 11.6. The average molecular weight is 290 g/mol. The van der Waals surface area contributed by atoms with Gasteiger partial charge in [-0.25, -0.2) is 0 Å². The molecule has 0 aromatic heterocycles. The molecule has 1 fully saturated rings. The van der Waals surface area contributed by atoms with Crippen LogP contribution in [0.15, 0.2) is 0 Å². The van der Waals surface area contributed by atoms with Crippen molar-refractivity contribution in [1.29, 1.82) is 0 Å². The maximum Gasteiger partial charge on any atom is 0.220 e. The normalized spacial score (nSPS) is 19.0. The fraction of sp³-hybridized carbons (Fsp3) is 0.923. The van der Waals surface area contributed by atoms with Gasteiger partial charge in [0.1, 0.15) is 0 Å². The fourth-order valence-corrected chi connectivity index (χ4v) is 2.33. The van der Waals surface area contributed by atoms with Gasteiger partial charge in [-0.3, -0.25) is 4.79 Å². The molecule has 1 rings (SSSR count). The molecule has 0 saturated heterocycles. The van der Waals surface area contributed by atoms with Crippen LogP contribution in [0.25, 0.3) is 0 Å². The Bertz CT molecular complexity index is 204. The minimum atomic E-state index is 0.219. The van der Waals surface area contributed by atoms with Gasteiger partial charge in [-0.1, -0.05) is 55.5 Å². The molecule has 0 aromatic rings. The molecule has 2 nitrogen and oxygen atoms in total. The first-order valence-electron chi connectivity index (χ1n) is 6.50. The van der Waals surface area contributed by atoms with Gasteiger partial charge < -0.3 is 5.32 Å². The van der Waals surface area contributed by atoms with Crippen molar-refractivity contribution in [3.05, 3.63) is 0 Å². The molecule has 3 heteroatoms. The highest BCUT2D eigenvalue weighted by atomic mass is 79.9. The SMILES string of the molecule is CC(C)C(Br)CNC(=O)CCC1CCCC1. The smallest absolute Gasteiger partial charge is 0.220 e. The number of nitrogens with one attached hydrogen (secondary N) is 1. The number of halogens is 1. The summed E-state index contributed by atoms with van der Waals surface area (Å²) in [5, 5.41) is 3.00. The van der Waals surface area contributed by atoms with E-state index in [2.05, 4.69) is 35.1 Å². The third-order valence-electron chi connectivity index (χ3n) is 3.47. The van der Waals surface area contributed by atoms with Crippen molar-refractivity contribution >= 4 is 21.8 Å². The number of hydrogen-bond donors (Lipinski definition) is 1. The van der Waals surface area contributed by atoms with Crippen LogP contribution in [-0.4, -0.2) is 17.3 Å². The number of amides is 1. The highest BCUT2D eigenvalue weighted by Gasteiger charge is 2.16. The van der Waals surface area contributed by atoms with Crippen LogP contribution in [0.1, 0.15) is 52.4 Å². The highest BCUT2D eigenvalue weighted by Crippen LogP contribution is 2.28. The molecule has 1 saturated carbocycles. The molecular weight excluding hydrogens is 266 g/mol. The number of hydrogen-bond acceptors (Lipinski definition) is 1. The third kappa shape index (κ3) is 5.33. The molecule has 0 aliphatic heterocycles. The zero-order chi connectivity index (χ0) is 12.0. The van der Waals surface area contributed by atoms with E-state index in [4.69, 9.17) is 0 Å². The Morgan fingerprint density at radius 3 is 2.56 bits per heavy atom. The number of carbonyl (C=O) groups excluding carboxylic acids is 1. The minimum Gasteiger partial charge on any atom is -0.355 e. The quantitative estimate of drug-likeness (QED) is 0.745. The second-order valence-electron chi connectivity index (χ2n) is 5.25. The molecule has 0 radical (unpaired) electrons. The Balaban J connectivity index is 2.06. The topological polar surface area (TPSA) is 29.1 Å². The Morgan fingerprint density at radius 1 is 1.38 bits per heavy atom. The van der Waals surface area contributed by atoms with Gasteiger partial charge in [-0.05, 0) is 18.3 Å². The van der Waals surface area contributed by atoms with E-state index in [1.54, 1.807) is 0 Å². The van der Waals surface area contributed by atoms with E-state index in [0.29, 0.717) is 17.2 Å². The lowest BCUT2D eigenvalue weighted by molar-refractivity contribution is -0.121. The molecule has 1 atom stereocenters. The van der Waals surface area contributed by atoms with Crippen LogP contribution >= 0.6 is 15.9 Å². The maximum atomic E-state index is 11.6. The Hall–Kier alpha value is -0.0500. The van der Waals surface area contributed by atoms with Crippen LogP contribution in [0.3, 0.4) is 0 Å². The average Bonchev–Trinajstić information content (AvgIpc) is 2.75. The summed E-state index contributed by atoms with van der Waals surface area (Å²) in [6.07, 6.45) is 7.19. The molecule has 16 heavy (non-hydrogen) atoms. The van der Waals surface area contributed by atoms with Crippen LogP contribution in [0.4, 0.5) is 0 Å². The Kier molecular flexibility index (Phi) is 6.40. The van der Waals surface area contributed by atoms with Crippen molar-refractivity contribution in [3.63, 3.8) is 0 Å². The first kappa shape index (κ1) is 14.0. The lowest BCUT2D eigenvalue weighted by Crippen LogP contribution is -2.31. The summed E-state index contributed by atoms with van der Waals surface area (Å²) < 4.78 is 0. The van der Waals surface area contributed by atoms with Gasteiger partial charge in [0.25, 0.3) is 0 Å². The van der Waals surface area contributed by atoms with E-state index in [1.165, 1.54) is 25.7 Å². The number of carbonyl (C=O) groups is 1. The van der Waals surface area contributed by atoms with E-state index in [0.717, 1.165) is 18.9 Å². The summed E-state index contributed by atoms with van der Waals surface area (Å²) in [6, 6.07) is 0. The summed E-state index contributed by atoms with van der Waals surface area (Å²) in [5.74, 6) is 1.60. The monoisotopic (exact) mass is 289 g/mol. The van der Waals surface area contributed by atoms with Crippen molar-refractivity contribution in [1.82, 2.24) is 5.32 Å². The largest absolute Gasteiger partial charge is 0.355 e. The van der Waals surface area contributed by atoms with Gasteiger partial charge in [0, 0.05) is 17.8 Å². The molecule has 1 amide bonds. The second-order valence-corrected chi connectivity index (χ2v) is 6.43. The number of alkyl halides is 1. The zero-order valence-corrected chi connectivity index (χ0v) is 12.1. The lowest BCUT2D eigenvalue weighted by Gasteiger charge is -2.15. The molecule has 0 aromatic carbocycles. The predicted octanol–water partition coefficient (Wildman–Crippen LogP) is 3.49. The van der Waals surface area contributed by atoms with Crippen LogP contribution in [0.2, 0.25) is 0 Å². The van der Waals surface area contributed by atoms with Crippen molar-refractivity contribution in [2.24, 2.45) is 11.8 Å². The molecule has 94 valence electrons. The third-order valence-corrected chi connectivity index (χ3v) is 4.85. The second kappa shape index (κ2) is 7.31. The van der Waals surface area contributed by atoms with Gasteiger partial charge in [0.15, 0.2) is 0 Å². The highest BCUT2D eigenvalue weighted by molar-refractivity contribution is 9.09. The van der Waals surface area contributed by atoms with E-state index in [1.807, 2.05) is 0 Å². The van der Waals surface area contributed by atoms with Gasteiger partial charge in [0.2, 0.25) is 5.91 Å². The van der Waals surface area contributed by atoms with Gasteiger partial charge >= 0.3 is 0 Å². The predicted molar refractivity (Wildman–Crippen MR) is 71.8 cm³/mol. The zero-order valence-electron chi connectivity index (χ0n) is 10.5. The van der Waals surface area contributed by atoms with Crippen LogP contribution in [0.5, 0.6) is 0 Å². The van der Waals surface area contributed by atoms with E-state index >= 15 is 0 Å². The summed E-state index contributed by atoms with van der Waals surface area (Å²) in [4.78, 5) is 12.0. The molecule has 1 N–H and O–H groups in total. The Morgan fingerprint density at radius 2 is 2.00 bits per heavy atom. The summed E-state index contributed by atoms with van der Waals surface area (Å²) in [6.45, 7) is 5.06. The summed E-state index contributed by atoms with van der Waals surface area (Å²) in [5.41, 5.74) is 0. The lowest BCUT2D eigenvalue weighted by atomic mass is 10.0. The van der Waals surface area contributed by atoms with Crippen molar-refractivity contribution in [2.75, 3.05) is 6.54 Å². The van der Waals surface area contributed by atoms with Crippen LogP contribution in [-0.2, 0) is 4.79 Å². The number of rotatable bonds is 6. The van der Waals surface area contributed by atoms with Crippen molar-refractivity contribution in [3.8, 4) is 0 Å². The van der Waals surface area contributed by atoms with Gasteiger partial charge in [-0.15, -0.1) is 0 Å². The fourth-order valence-electron chi connectivity index (χ4n) is 2.17. The minimum absolute atomic E-state index is 0.219. The summed E-state index contributed by atoms with van der Waals surface area (Å²) >= 11 is 3.57. The first-order valence-corrected chi connectivity index (χ1v) is 7.42. The van der Waals surface area contributed by atoms with Gasteiger partial charge in [-0.2, -0.15) is 0 Å². The Labute approximate surface area is 108 Å². The molecule has 1 unspecified atom stereocenters. The standard InChI is InChI=1S/C13H24BrNO/c1-10(2)12(14)9-15-13(16)8-7-11-5-3-4-6-11/h10-12H,3-9H2,1-2H3,(H,15,16).